The number of carboxylic acids is 1. The summed E-state index contributed by atoms with van der Waals surface area (Å²) in [6.07, 6.45) is 3.20. The van der Waals surface area contributed by atoms with Crippen molar-refractivity contribution in [1.29, 1.82) is 0 Å². The van der Waals surface area contributed by atoms with Gasteiger partial charge in [0.05, 0.1) is 6.42 Å². The fourth-order valence-electron chi connectivity index (χ4n) is 1.08. The summed E-state index contributed by atoms with van der Waals surface area (Å²) in [5.41, 5.74) is 0. The van der Waals surface area contributed by atoms with Crippen molar-refractivity contribution in [1.82, 2.24) is 9.97 Å². The Kier molecular flexibility index (Phi) is 1.94. The average Bonchev–Trinajstić information content (AvgIpc) is 2.44. The second kappa shape index (κ2) is 3.10. The molecule has 1 N–H and O–H groups in total. The molecule has 4 nitrogen and oxygen atoms in total. The number of aromatic nitrogens is 2. The number of hydrogen-bond donors (Lipinski definition) is 1. The van der Waals surface area contributed by atoms with Crippen LogP contribution in [0.1, 0.15) is 4.88 Å². The number of carboxylic acid groups (broad SMARTS) is 1. The van der Waals surface area contributed by atoms with Crippen LogP contribution in [-0.4, -0.2) is 21.0 Å². The van der Waals surface area contributed by atoms with Crippen LogP contribution in [0.25, 0.3) is 10.2 Å². The van der Waals surface area contributed by atoms with Crippen molar-refractivity contribution in [3.63, 3.8) is 0 Å². The first-order chi connectivity index (χ1) is 6.25. The van der Waals surface area contributed by atoms with Crippen molar-refractivity contribution in [2.75, 3.05) is 0 Å². The van der Waals surface area contributed by atoms with Gasteiger partial charge in [0, 0.05) is 16.5 Å². The molecule has 0 unspecified atom stereocenters. The molecule has 0 aliphatic heterocycles. The van der Waals surface area contributed by atoms with Crippen LogP contribution in [0.4, 0.5) is 0 Å². The lowest BCUT2D eigenvalue weighted by Gasteiger charge is -1.85. The molecule has 2 rings (SSSR count). The predicted molar refractivity (Wildman–Crippen MR) is 48.8 cm³/mol. The highest BCUT2D eigenvalue weighted by Crippen LogP contribution is 2.22. The van der Waals surface area contributed by atoms with Gasteiger partial charge in [0.25, 0.3) is 0 Å². The summed E-state index contributed by atoms with van der Waals surface area (Å²) in [4.78, 5) is 19.9. The maximum absolute atomic E-state index is 10.4. The minimum Gasteiger partial charge on any atom is -0.481 e. The Labute approximate surface area is 77.9 Å². The molecule has 2 aromatic rings. The predicted octanol–water partition coefficient (Wildman–Crippen LogP) is 1.32. The Hall–Kier alpha value is -1.49. The van der Waals surface area contributed by atoms with Gasteiger partial charge in [-0.15, -0.1) is 11.3 Å². The molecule has 0 saturated carbocycles. The van der Waals surface area contributed by atoms with Crippen LogP contribution in [0, 0.1) is 0 Å². The molecule has 66 valence electrons. The lowest BCUT2D eigenvalue weighted by atomic mass is 10.3. The minimum absolute atomic E-state index is 0.0566. The minimum atomic E-state index is -0.820. The van der Waals surface area contributed by atoms with E-state index in [2.05, 4.69) is 9.97 Å². The van der Waals surface area contributed by atoms with Gasteiger partial charge >= 0.3 is 5.97 Å². The number of nitrogens with zero attached hydrogens (tertiary/aromatic N) is 2. The number of hydrogen-bond acceptors (Lipinski definition) is 4. The molecule has 0 saturated heterocycles. The van der Waals surface area contributed by atoms with E-state index in [-0.39, 0.29) is 6.42 Å². The fourth-order valence-corrected chi connectivity index (χ4v) is 2.04. The van der Waals surface area contributed by atoms with Gasteiger partial charge in [-0.2, -0.15) is 0 Å². The van der Waals surface area contributed by atoms with Crippen LogP contribution >= 0.6 is 11.3 Å². The van der Waals surface area contributed by atoms with E-state index in [1.165, 1.54) is 17.7 Å². The highest BCUT2D eigenvalue weighted by molar-refractivity contribution is 7.18. The van der Waals surface area contributed by atoms with Crippen molar-refractivity contribution in [2.45, 2.75) is 6.42 Å². The largest absolute Gasteiger partial charge is 0.481 e. The lowest BCUT2D eigenvalue weighted by molar-refractivity contribution is -0.136. The summed E-state index contributed by atoms with van der Waals surface area (Å²) in [5.74, 6) is -0.820. The first kappa shape index (κ1) is 8.12. The molecule has 13 heavy (non-hydrogen) atoms. The van der Waals surface area contributed by atoms with E-state index in [4.69, 9.17) is 5.11 Å². The summed E-state index contributed by atoms with van der Waals surface area (Å²) in [5, 5.41) is 9.47. The van der Waals surface area contributed by atoms with E-state index < -0.39 is 5.97 Å². The van der Waals surface area contributed by atoms with Crippen molar-refractivity contribution >= 4 is 27.5 Å². The summed E-state index contributed by atoms with van der Waals surface area (Å²) in [7, 11) is 0. The molecule has 0 atom stereocenters. The number of rotatable bonds is 2. The average molecular weight is 194 g/mol. The van der Waals surface area contributed by atoms with Crippen molar-refractivity contribution < 1.29 is 9.90 Å². The van der Waals surface area contributed by atoms with Gasteiger partial charge in [-0.3, -0.25) is 4.79 Å². The van der Waals surface area contributed by atoms with Crippen LogP contribution in [-0.2, 0) is 11.2 Å². The van der Waals surface area contributed by atoms with E-state index in [0.29, 0.717) is 0 Å². The summed E-state index contributed by atoms with van der Waals surface area (Å²) in [6.45, 7) is 0. The zero-order valence-corrected chi connectivity index (χ0v) is 7.41. The second-order valence-corrected chi connectivity index (χ2v) is 3.68. The quantitative estimate of drug-likeness (QED) is 0.783. The van der Waals surface area contributed by atoms with E-state index in [9.17, 15) is 4.79 Å². The zero-order valence-electron chi connectivity index (χ0n) is 6.60. The third-order valence-electron chi connectivity index (χ3n) is 1.57. The number of thiophene rings is 1. The maximum atomic E-state index is 10.4. The SMILES string of the molecule is O=C(O)Cc1cc2cncnc2s1. The van der Waals surface area contributed by atoms with Gasteiger partial charge in [-0.05, 0) is 6.07 Å². The van der Waals surface area contributed by atoms with Crippen molar-refractivity contribution in [2.24, 2.45) is 0 Å². The molecule has 0 aliphatic rings. The Morgan fingerprint density at radius 2 is 2.46 bits per heavy atom. The summed E-state index contributed by atoms with van der Waals surface area (Å²) >= 11 is 1.39. The van der Waals surface area contributed by atoms with Gasteiger partial charge in [-0.1, -0.05) is 0 Å². The molecule has 0 aromatic carbocycles. The van der Waals surface area contributed by atoms with Crippen molar-refractivity contribution in [3.05, 3.63) is 23.5 Å². The molecule has 0 spiro atoms. The summed E-state index contributed by atoms with van der Waals surface area (Å²) in [6, 6.07) is 1.81. The molecule has 0 bridgehead atoms. The van der Waals surface area contributed by atoms with E-state index in [1.54, 1.807) is 6.20 Å². The molecule has 0 radical (unpaired) electrons. The van der Waals surface area contributed by atoms with Gasteiger partial charge in [0.1, 0.15) is 11.2 Å². The maximum Gasteiger partial charge on any atom is 0.308 e. The Balaban J connectivity index is 2.44. The zero-order chi connectivity index (χ0) is 9.26. The number of fused-ring (bicyclic) bond motifs is 1. The normalized spacial score (nSPS) is 10.5. The smallest absolute Gasteiger partial charge is 0.308 e. The fraction of sp³-hybridized carbons (Fsp3) is 0.125. The van der Waals surface area contributed by atoms with E-state index in [0.717, 1.165) is 15.1 Å². The molecule has 2 aromatic heterocycles. The second-order valence-electron chi connectivity index (χ2n) is 2.57. The molecule has 0 fully saturated rings. The highest BCUT2D eigenvalue weighted by Gasteiger charge is 2.05. The standard InChI is InChI=1S/C8H6N2O2S/c11-7(12)2-6-1-5-3-9-4-10-8(5)13-6/h1,3-4H,2H2,(H,11,12). The van der Waals surface area contributed by atoms with Crippen LogP contribution in [0.3, 0.4) is 0 Å². The van der Waals surface area contributed by atoms with Crippen LogP contribution in [0.15, 0.2) is 18.6 Å². The molecule has 5 heteroatoms. The summed E-state index contributed by atoms with van der Waals surface area (Å²) < 4.78 is 0. The molecule has 2 heterocycles. The van der Waals surface area contributed by atoms with Crippen molar-refractivity contribution in [3.8, 4) is 0 Å². The third-order valence-corrected chi connectivity index (χ3v) is 2.63. The van der Waals surface area contributed by atoms with E-state index >= 15 is 0 Å². The highest BCUT2D eigenvalue weighted by atomic mass is 32.1. The van der Waals surface area contributed by atoms with E-state index in [1.807, 2.05) is 6.07 Å². The first-order valence-corrected chi connectivity index (χ1v) is 4.47. The van der Waals surface area contributed by atoms with Crippen LogP contribution < -0.4 is 0 Å². The van der Waals surface area contributed by atoms with Gasteiger partial charge in [0.15, 0.2) is 0 Å². The number of aliphatic carboxylic acids is 1. The molecular weight excluding hydrogens is 188 g/mol. The Morgan fingerprint density at radius 1 is 1.62 bits per heavy atom. The molecular formula is C8H6N2O2S. The topological polar surface area (TPSA) is 63.1 Å². The monoisotopic (exact) mass is 194 g/mol. The lowest BCUT2D eigenvalue weighted by Crippen LogP contribution is -1.96. The van der Waals surface area contributed by atoms with Gasteiger partial charge < -0.3 is 5.11 Å². The Morgan fingerprint density at radius 3 is 3.15 bits per heavy atom. The van der Waals surface area contributed by atoms with Crippen LogP contribution in [0.2, 0.25) is 0 Å². The van der Waals surface area contributed by atoms with Crippen LogP contribution in [0.5, 0.6) is 0 Å². The van der Waals surface area contributed by atoms with Gasteiger partial charge in [-0.25, -0.2) is 9.97 Å². The first-order valence-electron chi connectivity index (χ1n) is 3.66. The molecule has 0 aliphatic carbocycles. The van der Waals surface area contributed by atoms with Gasteiger partial charge in [0.2, 0.25) is 0 Å². The third kappa shape index (κ3) is 1.65. The Bertz CT molecular complexity index is 419. The molecule has 0 amide bonds. The number of carbonyl (C=O) groups is 1.